The van der Waals surface area contributed by atoms with Gasteiger partial charge >= 0.3 is 12.5 Å². The van der Waals surface area contributed by atoms with Gasteiger partial charge in [0.1, 0.15) is 35.1 Å². The third-order valence-electron chi connectivity index (χ3n) is 11.1. The van der Waals surface area contributed by atoms with E-state index in [0.717, 1.165) is 17.8 Å². The molecule has 5 atom stereocenters. The van der Waals surface area contributed by atoms with Gasteiger partial charge in [0.2, 0.25) is 27.7 Å². The average molecular weight is 901 g/mol. The van der Waals surface area contributed by atoms with Gasteiger partial charge in [0, 0.05) is 49.7 Å². The number of hydrogen-bond acceptors (Lipinski definition) is 12. The van der Waals surface area contributed by atoms with E-state index in [1.165, 1.54) is 17.0 Å². The molecule has 2 aromatic carbocycles. The highest BCUT2D eigenvalue weighted by Gasteiger charge is 2.62. The highest BCUT2D eigenvalue weighted by molar-refractivity contribution is 7.91. The molecular weight excluding hydrogens is 850 g/mol. The smallest absolute Gasteiger partial charge is 0.472 e. The fourth-order valence-corrected chi connectivity index (χ4v) is 9.01. The maximum absolute atomic E-state index is 14.6. The summed E-state index contributed by atoms with van der Waals surface area (Å²) >= 11 is 0. The van der Waals surface area contributed by atoms with Crippen LogP contribution in [0.4, 0.5) is 23.7 Å². The highest BCUT2D eigenvalue weighted by Crippen LogP contribution is 2.46. The zero-order chi connectivity index (χ0) is 45.5. The Balaban J connectivity index is 1.24. The Bertz CT molecular complexity index is 2390. The normalized spacial score (nSPS) is 25.0. The highest BCUT2D eigenvalue weighted by atomic mass is 32.2. The van der Waals surface area contributed by atoms with Gasteiger partial charge in [0.15, 0.2) is 0 Å². The van der Waals surface area contributed by atoms with E-state index >= 15 is 0 Å². The van der Waals surface area contributed by atoms with Crippen molar-refractivity contribution in [2.75, 3.05) is 38.8 Å². The van der Waals surface area contributed by atoms with Gasteiger partial charge in [0.25, 0.3) is 5.91 Å². The molecule has 4 amide bonds. The van der Waals surface area contributed by atoms with E-state index < -0.39 is 86.4 Å². The van der Waals surface area contributed by atoms with Crippen LogP contribution in [0.15, 0.2) is 60.7 Å². The van der Waals surface area contributed by atoms with Crippen molar-refractivity contribution in [3.63, 3.8) is 0 Å². The largest absolute Gasteiger partial charge is 0.573 e. The number of nitrogens with one attached hydrogen (secondary N) is 3. The maximum atomic E-state index is 14.6. The molecule has 7 rings (SSSR count). The number of halogens is 3. The van der Waals surface area contributed by atoms with E-state index in [-0.39, 0.29) is 38.5 Å². The number of carbonyl (C=O) groups is 4. The molecule has 1 unspecified atom stereocenters. The molecule has 4 aliphatic rings. The van der Waals surface area contributed by atoms with Crippen LogP contribution in [0, 0.1) is 5.92 Å². The average Bonchev–Trinajstić information content (AvgIpc) is 4.12. The van der Waals surface area contributed by atoms with Gasteiger partial charge in [-0.2, -0.15) is 0 Å². The lowest BCUT2D eigenvalue weighted by Gasteiger charge is -2.30. The standard InChI is InChI=1S/C43H51F3N6O10S/c1-41(2,3)62-40(56)48-34-24-59-18-8-6-7-9-27-22-42(27,39(55)50-63(57,58)31-15-16-31)49-36(53)35-21-30(23-52(35)38(34)54)60-37-32-17-12-28(51(4)5)19-26(32)20-33(47-37)25-10-13-29(14-11-25)61-43(44,45)46/h7,9-14,17,19-20,27,30-31,34-35H,6,8,15-16,18,21-24H2,1-5H3,(H,48,56)(H,49,53)(H,50,55)/b9-7-/t27-,30?,34+,35+,42-/m1/s1. The SMILES string of the molecule is CN(C)c1ccc2c(OC3C[C@H]4C(=O)N[C@]5(C(=O)NS(=O)(=O)C6CC6)C[C@H]5/C=C\CCCOC[C@H](NC(=O)OC(C)(C)C)C(=O)N4C3)nc(-c3ccc(OC(F)(F)F)cc3)cc2c1. The first kappa shape index (κ1) is 45.4. The summed E-state index contributed by atoms with van der Waals surface area (Å²) in [5.74, 6) is -3.19. The molecule has 1 saturated heterocycles. The number of amides is 4. The van der Waals surface area contributed by atoms with Gasteiger partial charge in [-0.3, -0.25) is 19.1 Å². The molecule has 20 heteroatoms. The molecule has 1 aromatic heterocycles. The summed E-state index contributed by atoms with van der Waals surface area (Å²) in [5.41, 5.74) is -0.916. The first-order valence-electron chi connectivity index (χ1n) is 20.7. The lowest BCUT2D eigenvalue weighted by atomic mass is 10.1. The predicted octanol–water partition coefficient (Wildman–Crippen LogP) is 4.96. The number of benzene rings is 2. The Morgan fingerprint density at radius 1 is 1.05 bits per heavy atom. The Morgan fingerprint density at radius 2 is 1.78 bits per heavy atom. The number of hydrogen-bond donors (Lipinski definition) is 3. The zero-order valence-corrected chi connectivity index (χ0v) is 36.3. The minimum absolute atomic E-state index is 0.101. The zero-order valence-electron chi connectivity index (χ0n) is 35.5. The summed E-state index contributed by atoms with van der Waals surface area (Å²) in [6, 6.07) is 9.84. The molecule has 340 valence electrons. The fraction of sp³-hybridized carbons (Fsp3) is 0.512. The van der Waals surface area contributed by atoms with Crippen molar-refractivity contribution in [3.8, 4) is 22.9 Å². The fourth-order valence-electron chi connectivity index (χ4n) is 7.65. The topological polar surface area (TPSA) is 195 Å². The molecule has 3 N–H and O–H groups in total. The molecule has 16 nitrogen and oxygen atoms in total. The number of alkyl halides is 3. The predicted molar refractivity (Wildman–Crippen MR) is 224 cm³/mol. The molecule has 0 radical (unpaired) electrons. The van der Waals surface area contributed by atoms with Crippen LogP contribution in [0.1, 0.15) is 59.3 Å². The summed E-state index contributed by atoms with van der Waals surface area (Å²) in [6.45, 7) is 4.73. The molecule has 2 saturated carbocycles. The van der Waals surface area contributed by atoms with Crippen molar-refractivity contribution in [1.82, 2.24) is 25.2 Å². The number of rotatable bonds is 9. The van der Waals surface area contributed by atoms with Crippen LogP contribution in [-0.4, -0.2) is 117 Å². The van der Waals surface area contributed by atoms with Crippen molar-refractivity contribution in [3.05, 3.63) is 60.7 Å². The third kappa shape index (κ3) is 10.9. The van der Waals surface area contributed by atoms with Crippen LogP contribution >= 0.6 is 0 Å². The Labute approximate surface area is 362 Å². The van der Waals surface area contributed by atoms with E-state index in [1.54, 1.807) is 39.0 Å². The molecule has 63 heavy (non-hydrogen) atoms. The van der Waals surface area contributed by atoms with Crippen LogP contribution in [0.5, 0.6) is 11.6 Å². The van der Waals surface area contributed by atoms with Crippen molar-refractivity contribution in [2.24, 2.45) is 5.92 Å². The summed E-state index contributed by atoms with van der Waals surface area (Å²) in [5, 5.41) is 5.94. The summed E-state index contributed by atoms with van der Waals surface area (Å²) in [4.78, 5) is 64.0. The summed E-state index contributed by atoms with van der Waals surface area (Å²) < 4.78 is 88.8. The molecule has 3 heterocycles. The quantitative estimate of drug-likeness (QED) is 0.245. The summed E-state index contributed by atoms with van der Waals surface area (Å²) in [7, 11) is -0.263. The molecule has 2 aliphatic heterocycles. The Kier molecular flexibility index (Phi) is 12.6. The van der Waals surface area contributed by atoms with E-state index in [4.69, 9.17) is 19.2 Å². The van der Waals surface area contributed by atoms with Crippen LogP contribution in [0.3, 0.4) is 0 Å². The first-order valence-corrected chi connectivity index (χ1v) is 22.2. The van der Waals surface area contributed by atoms with Crippen LogP contribution in [-0.2, 0) is 33.9 Å². The number of allylic oxidation sites excluding steroid dienone is 1. The molecule has 3 aromatic rings. The number of alkyl carbamates (subject to hydrolysis) is 1. The van der Waals surface area contributed by atoms with E-state index in [1.807, 2.05) is 37.2 Å². The lowest BCUT2D eigenvalue weighted by molar-refractivity contribution is -0.274. The van der Waals surface area contributed by atoms with E-state index in [9.17, 15) is 40.8 Å². The van der Waals surface area contributed by atoms with E-state index in [0.29, 0.717) is 47.7 Å². The van der Waals surface area contributed by atoms with Gasteiger partial charge in [-0.15, -0.1) is 13.2 Å². The van der Waals surface area contributed by atoms with Gasteiger partial charge < -0.3 is 39.4 Å². The van der Waals surface area contributed by atoms with Gasteiger partial charge in [-0.1, -0.05) is 12.2 Å². The summed E-state index contributed by atoms with van der Waals surface area (Å²) in [6.07, 6.45) is -1.24. The van der Waals surface area contributed by atoms with Crippen LogP contribution in [0.2, 0.25) is 0 Å². The number of ether oxygens (including phenoxy) is 4. The second-order valence-corrected chi connectivity index (χ2v) is 19.4. The number of carbonyl (C=O) groups excluding carboxylic acids is 4. The number of aromatic nitrogens is 1. The second-order valence-electron chi connectivity index (χ2n) is 17.5. The molecular formula is C43H51F3N6O10S. The number of sulfonamides is 1. The first-order chi connectivity index (χ1) is 29.6. The number of pyridine rings is 1. The lowest BCUT2D eigenvalue weighted by Crippen LogP contribution is -2.59. The van der Waals surface area contributed by atoms with Crippen molar-refractivity contribution >= 4 is 50.3 Å². The number of anilines is 1. The minimum Gasteiger partial charge on any atom is -0.472 e. The monoisotopic (exact) mass is 900 g/mol. The van der Waals surface area contributed by atoms with Gasteiger partial charge in [0.05, 0.1) is 24.1 Å². The molecule has 0 bridgehead atoms. The second kappa shape index (κ2) is 17.5. The number of nitrogens with zero attached hydrogens (tertiary/aromatic N) is 3. The van der Waals surface area contributed by atoms with Crippen molar-refractivity contribution in [1.29, 1.82) is 0 Å². The number of fused-ring (bicyclic) bond motifs is 3. The van der Waals surface area contributed by atoms with Crippen molar-refractivity contribution in [2.45, 2.75) is 100 Å². The maximum Gasteiger partial charge on any atom is 0.573 e. The van der Waals surface area contributed by atoms with Gasteiger partial charge in [-0.05, 0) is 107 Å². The van der Waals surface area contributed by atoms with Crippen LogP contribution < -0.4 is 29.7 Å². The molecule has 3 fully saturated rings. The Hall–Kier alpha value is -5.63. The van der Waals surface area contributed by atoms with Crippen LogP contribution in [0.25, 0.3) is 22.0 Å². The Morgan fingerprint density at radius 3 is 2.44 bits per heavy atom. The third-order valence-corrected chi connectivity index (χ3v) is 12.9. The molecule has 2 aliphatic carbocycles. The van der Waals surface area contributed by atoms with Crippen molar-refractivity contribution < 1.29 is 59.7 Å². The van der Waals surface area contributed by atoms with Gasteiger partial charge in [-0.25, -0.2) is 18.2 Å². The molecule has 0 spiro atoms. The van der Waals surface area contributed by atoms with E-state index in [2.05, 4.69) is 20.1 Å². The minimum atomic E-state index is -4.88.